The van der Waals surface area contributed by atoms with Crippen LogP contribution in [0.1, 0.15) is 26.3 Å². The van der Waals surface area contributed by atoms with Gasteiger partial charge in [-0.15, -0.1) is 0 Å². The molecule has 0 unspecified atom stereocenters. The van der Waals surface area contributed by atoms with E-state index in [1.54, 1.807) is 14.2 Å². The third kappa shape index (κ3) is 3.01. The van der Waals surface area contributed by atoms with Gasteiger partial charge in [0.25, 0.3) is 5.91 Å². The van der Waals surface area contributed by atoms with E-state index >= 15 is 0 Å². The van der Waals surface area contributed by atoms with Gasteiger partial charge in [-0.1, -0.05) is 13.0 Å². The molecule has 0 aliphatic carbocycles. The first-order valence-corrected chi connectivity index (χ1v) is 5.98. The van der Waals surface area contributed by atoms with Crippen LogP contribution in [0.15, 0.2) is 18.2 Å². The Morgan fingerprint density at radius 3 is 2.50 bits per heavy atom. The van der Waals surface area contributed by atoms with Crippen molar-refractivity contribution >= 4 is 11.6 Å². The molecule has 0 aromatic heterocycles. The van der Waals surface area contributed by atoms with Crippen molar-refractivity contribution in [2.24, 2.45) is 0 Å². The zero-order valence-electron chi connectivity index (χ0n) is 11.7. The normalized spacial score (nSPS) is 11.2. The molecule has 0 aliphatic heterocycles. The van der Waals surface area contributed by atoms with Crippen LogP contribution in [0, 0.1) is 0 Å². The lowest BCUT2D eigenvalue weighted by molar-refractivity contribution is -0.133. The lowest BCUT2D eigenvalue weighted by Gasteiger charge is -2.26. The number of benzene rings is 1. The maximum absolute atomic E-state index is 12.1. The van der Waals surface area contributed by atoms with Gasteiger partial charge in [0.05, 0.1) is 12.8 Å². The molecule has 0 heterocycles. The molecule has 100 valence electrons. The number of anilines is 1. The largest absolute Gasteiger partial charge is 0.495 e. The van der Waals surface area contributed by atoms with Crippen molar-refractivity contribution in [3.05, 3.63) is 23.8 Å². The molecular weight excluding hydrogens is 230 g/mol. The van der Waals surface area contributed by atoms with Gasteiger partial charge in [0.15, 0.2) is 0 Å². The van der Waals surface area contributed by atoms with Crippen molar-refractivity contribution in [1.29, 1.82) is 0 Å². The highest BCUT2D eigenvalue weighted by atomic mass is 16.5. The summed E-state index contributed by atoms with van der Waals surface area (Å²) < 4.78 is 5.25. The monoisotopic (exact) mass is 251 g/mol. The fourth-order valence-corrected chi connectivity index (χ4v) is 1.74. The quantitative estimate of drug-likeness (QED) is 0.890. The fraction of sp³-hybridized carbons (Fsp3) is 0.500. The second-order valence-electron chi connectivity index (χ2n) is 4.78. The predicted molar refractivity (Wildman–Crippen MR) is 72.1 cm³/mol. The Kier molecular flexibility index (Phi) is 4.35. The summed E-state index contributed by atoms with van der Waals surface area (Å²) in [4.78, 5) is 13.5. The average molecular weight is 251 g/mol. The summed E-state index contributed by atoms with van der Waals surface area (Å²) in [5, 5.41) is 9.78. The minimum absolute atomic E-state index is 0.367. The Labute approximate surface area is 108 Å². The molecule has 0 aliphatic rings. The molecule has 18 heavy (non-hydrogen) atoms. The van der Waals surface area contributed by atoms with E-state index < -0.39 is 5.60 Å². The van der Waals surface area contributed by atoms with Crippen molar-refractivity contribution in [3.63, 3.8) is 0 Å². The molecule has 0 fully saturated rings. The van der Waals surface area contributed by atoms with Gasteiger partial charge in [-0.2, -0.15) is 0 Å². The highest BCUT2D eigenvalue weighted by Crippen LogP contribution is 2.30. The van der Waals surface area contributed by atoms with E-state index in [0.717, 1.165) is 12.0 Å². The van der Waals surface area contributed by atoms with Crippen LogP contribution in [-0.4, -0.2) is 30.8 Å². The first kappa shape index (κ1) is 14.5. The van der Waals surface area contributed by atoms with Crippen LogP contribution in [0.5, 0.6) is 5.75 Å². The predicted octanol–water partition coefficient (Wildman–Crippen LogP) is 1.99. The molecule has 0 radical (unpaired) electrons. The van der Waals surface area contributed by atoms with Gasteiger partial charge in [-0.25, -0.2) is 0 Å². The number of ether oxygens (including phenoxy) is 1. The van der Waals surface area contributed by atoms with E-state index in [9.17, 15) is 9.90 Å². The molecule has 4 nitrogen and oxygen atoms in total. The van der Waals surface area contributed by atoms with Gasteiger partial charge >= 0.3 is 0 Å². The van der Waals surface area contributed by atoms with Gasteiger partial charge in [0, 0.05) is 7.05 Å². The molecule has 0 bridgehead atoms. The molecule has 0 saturated heterocycles. The molecule has 0 spiro atoms. The molecule has 1 aromatic carbocycles. The lowest BCUT2D eigenvalue weighted by Crippen LogP contribution is -2.43. The first-order chi connectivity index (χ1) is 8.31. The molecule has 1 aromatic rings. The van der Waals surface area contributed by atoms with Crippen LogP contribution < -0.4 is 9.64 Å². The second kappa shape index (κ2) is 5.40. The number of carbonyl (C=O) groups excluding carboxylic acids is 1. The minimum Gasteiger partial charge on any atom is -0.495 e. The number of methoxy groups -OCH3 is 1. The number of hydrogen-bond acceptors (Lipinski definition) is 3. The molecule has 4 heteroatoms. The van der Waals surface area contributed by atoms with Crippen molar-refractivity contribution in [2.45, 2.75) is 32.8 Å². The topological polar surface area (TPSA) is 49.8 Å². The van der Waals surface area contributed by atoms with Gasteiger partial charge in [-0.3, -0.25) is 4.79 Å². The van der Waals surface area contributed by atoms with E-state index in [1.807, 2.05) is 25.1 Å². The second-order valence-corrected chi connectivity index (χ2v) is 4.78. The summed E-state index contributed by atoms with van der Waals surface area (Å²) in [5.74, 6) is 0.251. The maximum Gasteiger partial charge on any atom is 0.258 e. The highest BCUT2D eigenvalue weighted by molar-refractivity contribution is 5.99. The minimum atomic E-state index is -1.40. The lowest BCUT2D eigenvalue weighted by atomic mass is 10.1. The van der Waals surface area contributed by atoms with E-state index in [-0.39, 0.29) is 5.91 Å². The molecular formula is C14H21NO3. The molecule has 0 saturated carbocycles. The van der Waals surface area contributed by atoms with Gasteiger partial charge in [-0.05, 0) is 38.0 Å². The Hall–Kier alpha value is -1.55. The Morgan fingerprint density at radius 2 is 2.06 bits per heavy atom. The summed E-state index contributed by atoms with van der Waals surface area (Å²) in [6.07, 6.45) is 0.877. The van der Waals surface area contributed by atoms with Crippen molar-refractivity contribution < 1.29 is 14.6 Å². The summed E-state index contributed by atoms with van der Waals surface area (Å²) >= 11 is 0. The number of amides is 1. The zero-order chi connectivity index (χ0) is 13.9. The van der Waals surface area contributed by atoms with E-state index in [0.29, 0.717) is 11.4 Å². The van der Waals surface area contributed by atoms with Crippen LogP contribution in [0.2, 0.25) is 0 Å². The average Bonchev–Trinajstić information content (AvgIpc) is 2.35. The number of rotatable bonds is 4. The third-order valence-corrected chi connectivity index (χ3v) is 2.84. The number of aliphatic hydroxyl groups is 1. The summed E-state index contributed by atoms with van der Waals surface area (Å²) in [6.45, 7) is 4.99. The molecule has 1 rings (SSSR count). The van der Waals surface area contributed by atoms with Crippen LogP contribution in [0.4, 0.5) is 5.69 Å². The molecule has 1 amide bonds. The fourth-order valence-electron chi connectivity index (χ4n) is 1.74. The van der Waals surface area contributed by atoms with Crippen LogP contribution in [0.25, 0.3) is 0 Å². The zero-order valence-corrected chi connectivity index (χ0v) is 11.7. The van der Waals surface area contributed by atoms with E-state index in [4.69, 9.17) is 4.74 Å². The van der Waals surface area contributed by atoms with Gasteiger partial charge < -0.3 is 14.7 Å². The third-order valence-electron chi connectivity index (χ3n) is 2.84. The maximum atomic E-state index is 12.1. The Balaban J connectivity index is 3.18. The number of likely N-dealkylation sites (N-methyl/N-ethyl adjacent to an activating group) is 1. The van der Waals surface area contributed by atoms with Gasteiger partial charge in [0.1, 0.15) is 11.4 Å². The number of nitrogens with zero attached hydrogens (tertiary/aromatic N) is 1. The number of hydrogen-bond donors (Lipinski definition) is 1. The van der Waals surface area contributed by atoms with Gasteiger partial charge in [0.2, 0.25) is 0 Å². The SMILES string of the molecule is CCc1ccc(OC)c(N(C)C(=O)C(C)(C)O)c1. The number of carbonyl (C=O) groups is 1. The van der Waals surface area contributed by atoms with Crippen molar-refractivity contribution in [3.8, 4) is 5.75 Å². The standard InChI is InChI=1S/C14H21NO3/c1-6-10-7-8-12(18-5)11(9-10)15(4)13(16)14(2,3)17/h7-9,17H,6H2,1-5H3. The Bertz CT molecular complexity index is 435. The van der Waals surface area contributed by atoms with Crippen LogP contribution in [0.3, 0.4) is 0 Å². The van der Waals surface area contributed by atoms with Crippen molar-refractivity contribution in [1.82, 2.24) is 0 Å². The Morgan fingerprint density at radius 1 is 1.44 bits per heavy atom. The molecule has 1 N–H and O–H groups in total. The summed E-state index contributed by atoms with van der Waals surface area (Å²) in [5.41, 5.74) is 0.382. The highest BCUT2D eigenvalue weighted by Gasteiger charge is 2.29. The first-order valence-electron chi connectivity index (χ1n) is 5.98. The van der Waals surface area contributed by atoms with E-state index in [2.05, 4.69) is 0 Å². The van der Waals surface area contributed by atoms with Crippen LogP contribution >= 0.6 is 0 Å². The van der Waals surface area contributed by atoms with Crippen molar-refractivity contribution in [2.75, 3.05) is 19.1 Å². The smallest absolute Gasteiger partial charge is 0.258 e. The summed E-state index contributed by atoms with van der Waals surface area (Å²) in [7, 11) is 3.20. The van der Waals surface area contributed by atoms with Crippen LogP contribution in [-0.2, 0) is 11.2 Å². The summed E-state index contributed by atoms with van der Waals surface area (Å²) in [6, 6.07) is 5.70. The molecule has 0 atom stereocenters. The van der Waals surface area contributed by atoms with E-state index in [1.165, 1.54) is 18.7 Å². The number of aryl methyl sites for hydroxylation is 1.